The van der Waals surface area contributed by atoms with Gasteiger partial charge in [-0.3, -0.25) is 9.80 Å². The fraction of sp³-hybridized carbons (Fsp3) is 0.833. The third kappa shape index (κ3) is 16.2. The number of benzene rings is 1. The Balaban J connectivity index is 1.98. The third-order valence-corrected chi connectivity index (χ3v) is 8.55. The molecule has 1 aromatic carbocycles. The van der Waals surface area contributed by atoms with Gasteiger partial charge in [0.2, 0.25) is 0 Å². The minimum atomic E-state index is 0.0714. The fourth-order valence-electron chi connectivity index (χ4n) is 5.94. The number of rotatable bonds is 20. The molecule has 2 atom stereocenters. The summed E-state index contributed by atoms with van der Waals surface area (Å²) in [6, 6.07) is 8.39. The first-order valence-corrected chi connectivity index (χ1v) is 17.7. The van der Waals surface area contributed by atoms with Crippen molar-refractivity contribution in [2.45, 2.75) is 156 Å². The van der Waals surface area contributed by atoms with Crippen molar-refractivity contribution in [3.05, 3.63) is 24.3 Å². The second kappa shape index (κ2) is 24.2. The van der Waals surface area contributed by atoms with Gasteiger partial charge in [-0.25, -0.2) is 0 Å². The molecule has 0 saturated carbocycles. The lowest BCUT2D eigenvalue weighted by atomic mass is 10.1. The first-order valence-electron chi connectivity index (χ1n) is 17.7. The molecule has 2 rings (SSSR count). The summed E-state index contributed by atoms with van der Waals surface area (Å²) in [5.74, 6) is 1.83. The highest BCUT2D eigenvalue weighted by Gasteiger charge is 2.22. The molecule has 0 N–H and O–H groups in total. The molecule has 1 aliphatic heterocycles. The highest BCUT2D eigenvalue weighted by Crippen LogP contribution is 2.26. The summed E-state index contributed by atoms with van der Waals surface area (Å²) >= 11 is 0. The van der Waals surface area contributed by atoms with E-state index in [1.165, 1.54) is 89.9 Å². The molecule has 1 aromatic rings. The Morgan fingerprint density at radius 2 is 1.00 bits per heavy atom. The quantitative estimate of drug-likeness (QED) is 0.145. The minimum absolute atomic E-state index is 0.0714. The first kappa shape index (κ1) is 35.9. The summed E-state index contributed by atoms with van der Waals surface area (Å²) in [4.78, 5) is 5.05. The number of hydrogen-bond donors (Lipinski definition) is 0. The van der Waals surface area contributed by atoms with E-state index in [1.54, 1.807) is 0 Å². The van der Waals surface area contributed by atoms with Crippen molar-refractivity contribution in [1.82, 2.24) is 9.80 Å². The van der Waals surface area contributed by atoms with E-state index < -0.39 is 0 Å². The first-order chi connectivity index (χ1) is 20.2. The zero-order valence-corrected chi connectivity index (χ0v) is 27.6. The van der Waals surface area contributed by atoms with E-state index in [2.05, 4.69) is 61.8 Å². The van der Waals surface area contributed by atoms with Crippen LogP contribution in [0.2, 0.25) is 0 Å². The van der Waals surface area contributed by atoms with Crippen LogP contribution in [0, 0.1) is 0 Å². The highest BCUT2D eigenvalue weighted by atomic mass is 16.5. The molecule has 0 amide bonds. The molecule has 0 aromatic heterocycles. The van der Waals surface area contributed by atoms with Crippen LogP contribution in [0.4, 0.5) is 0 Å². The van der Waals surface area contributed by atoms with Crippen molar-refractivity contribution in [3.8, 4) is 11.5 Å². The number of nitrogens with zero attached hydrogens (tertiary/aromatic N) is 2. The van der Waals surface area contributed by atoms with Crippen molar-refractivity contribution >= 4 is 0 Å². The Hall–Kier alpha value is -1.30. The maximum absolute atomic E-state index is 6.68. The molecular formula is C36H66N2O3. The van der Waals surface area contributed by atoms with Crippen LogP contribution in [0.25, 0.3) is 0 Å². The average Bonchev–Trinajstić information content (AvgIpc) is 2.98. The van der Waals surface area contributed by atoms with Gasteiger partial charge < -0.3 is 14.2 Å². The third-order valence-electron chi connectivity index (χ3n) is 8.55. The van der Waals surface area contributed by atoms with Crippen LogP contribution in [-0.4, -0.2) is 61.6 Å². The molecule has 0 aliphatic carbocycles. The summed E-state index contributed by atoms with van der Waals surface area (Å²) in [5.41, 5.74) is 0. The second-order valence-corrected chi connectivity index (χ2v) is 12.0. The van der Waals surface area contributed by atoms with Crippen LogP contribution in [0.15, 0.2) is 24.3 Å². The monoisotopic (exact) mass is 575 g/mol. The van der Waals surface area contributed by atoms with Gasteiger partial charge in [0.05, 0.1) is 0 Å². The summed E-state index contributed by atoms with van der Waals surface area (Å²) in [6.07, 6.45) is 22.9. The summed E-state index contributed by atoms with van der Waals surface area (Å²) < 4.78 is 19.5. The van der Waals surface area contributed by atoms with Gasteiger partial charge in [0.1, 0.15) is 11.5 Å². The van der Waals surface area contributed by atoms with Gasteiger partial charge in [-0.2, -0.15) is 0 Å². The topological polar surface area (TPSA) is 34.2 Å². The maximum atomic E-state index is 6.68. The lowest BCUT2D eigenvalue weighted by Crippen LogP contribution is -2.41. The zero-order valence-electron chi connectivity index (χ0n) is 27.6. The number of hydrogen-bond acceptors (Lipinski definition) is 5. The predicted molar refractivity (Wildman–Crippen MR) is 175 cm³/mol. The molecule has 0 radical (unpaired) electrons. The molecule has 0 saturated heterocycles. The van der Waals surface area contributed by atoms with E-state index in [0.717, 1.165) is 76.6 Å². The van der Waals surface area contributed by atoms with Crippen LogP contribution >= 0.6 is 0 Å². The van der Waals surface area contributed by atoms with Crippen LogP contribution in [0.1, 0.15) is 143 Å². The second-order valence-electron chi connectivity index (χ2n) is 12.0. The SMILES string of the molecule is CCCCCCCCCN(CC)C1CCCOCCCC(N(CC)CCCCCCCCC)Oc2cccc(c2)O1. The van der Waals surface area contributed by atoms with Gasteiger partial charge in [-0.05, 0) is 50.9 Å². The number of unbranched alkanes of at least 4 members (excludes halogenated alkanes) is 12. The Morgan fingerprint density at radius 1 is 0.585 bits per heavy atom. The Morgan fingerprint density at radius 3 is 1.41 bits per heavy atom. The smallest absolute Gasteiger partial charge is 0.152 e. The lowest BCUT2D eigenvalue weighted by Gasteiger charge is -2.33. The molecule has 1 aliphatic rings. The summed E-state index contributed by atoms with van der Waals surface area (Å²) in [5, 5.41) is 0. The zero-order chi connectivity index (χ0) is 29.4. The number of ether oxygens (including phenoxy) is 3. The van der Waals surface area contributed by atoms with Crippen molar-refractivity contribution in [2.24, 2.45) is 0 Å². The summed E-state index contributed by atoms with van der Waals surface area (Å²) in [7, 11) is 0. The standard InChI is InChI=1S/C36H66N2O3/c1-5-9-11-13-15-17-19-28-37(7-3)35-26-22-30-39-31-23-27-36(41-34-25-21-24-33(32-34)40-35)38(8-4)29-20-18-16-14-12-10-6-2/h21,24-25,32,35-36H,5-20,22-23,26-31H2,1-4H3. The molecule has 5 nitrogen and oxygen atoms in total. The van der Waals surface area contributed by atoms with Gasteiger partial charge in [0, 0.05) is 45.2 Å². The molecule has 2 unspecified atom stereocenters. The molecule has 1 heterocycles. The van der Waals surface area contributed by atoms with Crippen LogP contribution in [-0.2, 0) is 4.74 Å². The molecular weight excluding hydrogens is 508 g/mol. The van der Waals surface area contributed by atoms with Crippen LogP contribution in [0.5, 0.6) is 11.5 Å². The van der Waals surface area contributed by atoms with E-state index in [4.69, 9.17) is 14.2 Å². The molecule has 0 fully saturated rings. The van der Waals surface area contributed by atoms with Crippen molar-refractivity contribution in [1.29, 1.82) is 0 Å². The van der Waals surface area contributed by atoms with E-state index >= 15 is 0 Å². The molecule has 0 spiro atoms. The number of fused-ring (bicyclic) bond motifs is 2. The van der Waals surface area contributed by atoms with Crippen molar-refractivity contribution < 1.29 is 14.2 Å². The van der Waals surface area contributed by atoms with Gasteiger partial charge in [-0.1, -0.05) is 111 Å². The van der Waals surface area contributed by atoms with Gasteiger partial charge in [0.15, 0.2) is 12.5 Å². The average molecular weight is 575 g/mol. The van der Waals surface area contributed by atoms with E-state index in [9.17, 15) is 0 Å². The Bertz CT molecular complexity index is 675. The Kier molecular flexibility index (Phi) is 21.2. The van der Waals surface area contributed by atoms with E-state index in [1.807, 2.05) is 0 Å². The van der Waals surface area contributed by atoms with Gasteiger partial charge >= 0.3 is 0 Å². The van der Waals surface area contributed by atoms with E-state index in [-0.39, 0.29) is 12.5 Å². The van der Waals surface area contributed by atoms with Gasteiger partial charge in [0.25, 0.3) is 0 Å². The van der Waals surface area contributed by atoms with Crippen LogP contribution in [0.3, 0.4) is 0 Å². The fourth-order valence-corrected chi connectivity index (χ4v) is 5.94. The molecule has 5 heteroatoms. The van der Waals surface area contributed by atoms with Gasteiger partial charge in [-0.15, -0.1) is 0 Å². The van der Waals surface area contributed by atoms with Crippen molar-refractivity contribution in [3.63, 3.8) is 0 Å². The van der Waals surface area contributed by atoms with Crippen molar-refractivity contribution in [2.75, 3.05) is 39.4 Å². The summed E-state index contributed by atoms with van der Waals surface area (Å²) in [6.45, 7) is 14.9. The largest absolute Gasteiger partial charge is 0.475 e. The predicted octanol–water partition coefficient (Wildman–Crippen LogP) is 9.83. The normalized spacial score (nSPS) is 18.7. The highest BCUT2D eigenvalue weighted by molar-refractivity contribution is 5.33. The molecule has 41 heavy (non-hydrogen) atoms. The Labute approximate surface area is 254 Å². The minimum Gasteiger partial charge on any atom is -0.475 e. The van der Waals surface area contributed by atoms with Crippen LogP contribution < -0.4 is 9.47 Å². The molecule has 238 valence electrons. The van der Waals surface area contributed by atoms with E-state index in [0.29, 0.717) is 0 Å². The molecule has 2 bridgehead atoms. The lowest BCUT2D eigenvalue weighted by molar-refractivity contribution is 0.000335. The maximum Gasteiger partial charge on any atom is 0.152 e.